The van der Waals surface area contributed by atoms with E-state index in [-0.39, 0.29) is 31.4 Å². The Kier molecular flexibility index (Phi) is 8.06. The smallest absolute Gasteiger partial charge is 0.381 e. The van der Waals surface area contributed by atoms with Crippen molar-refractivity contribution in [2.75, 3.05) is 32.1 Å². The Balaban J connectivity index is 0.00000364. The molecule has 1 heterocycles. The highest BCUT2D eigenvalue weighted by Gasteiger charge is 2.41. The summed E-state index contributed by atoms with van der Waals surface area (Å²) in [5.74, 6) is -2.16. The van der Waals surface area contributed by atoms with Gasteiger partial charge in [-0.3, -0.25) is 9.59 Å². The molecule has 0 atom stereocenters. The first kappa shape index (κ1) is 23.2. The monoisotopic (exact) mass is 409 g/mol. The molecule has 0 radical (unpaired) electrons. The highest BCUT2D eigenvalue weighted by atomic mass is 35.5. The van der Waals surface area contributed by atoms with E-state index in [9.17, 15) is 22.8 Å². The number of nitrogens with two attached hydrogens (primary N) is 1. The Labute approximate surface area is 161 Å². The number of carbonyl (C=O) groups excluding carboxylic acids is 2. The lowest BCUT2D eigenvalue weighted by Crippen LogP contribution is -2.46. The first-order valence-corrected chi connectivity index (χ1v) is 8.18. The predicted molar refractivity (Wildman–Crippen MR) is 96.4 cm³/mol. The minimum atomic E-state index is -4.92. The molecule has 0 spiro atoms. The number of hydrogen-bond donors (Lipinski definition) is 2. The van der Waals surface area contributed by atoms with Crippen molar-refractivity contribution in [3.8, 4) is 0 Å². The molecule has 6 nitrogen and oxygen atoms in total. The van der Waals surface area contributed by atoms with Gasteiger partial charge in [0.05, 0.1) is 5.41 Å². The van der Waals surface area contributed by atoms with Gasteiger partial charge in [-0.15, -0.1) is 12.4 Å². The zero-order valence-electron chi connectivity index (χ0n) is 14.8. The third-order valence-electron chi connectivity index (χ3n) is 4.52. The third kappa shape index (κ3) is 5.82. The Morgan fingerprint density at radius 3 is 2.48 bits per heavy atom. The number of nitrogens with one attached hydrogen (secondary N) is 1. The molecule has 1 aliphatic heterocycles. The van der Waals surface area contributed by atoms with Crippen molar-refractivity contribution in [2.24, 2.45) is 11.1 Å². The number of alkyl halides is 3. The molecule has 0 unspecified atom stereocenters. The van der Waals surface area contributed by atoms with Gasteiger partial charge in [0.15, 0.2) is 0 Å². The highest BCUT2D eigenvalue weighted by molar-refractivity contribution is 5.95. The number of benzene rings is 1. The van der Waals surface area contributed by atoms with Crippen LogP contribution in [0.2, 0.25) is 0 Å². The minimum absolute atomic E-state index is 0. The maximum atomic E-state index is 12.6. The van der Waals surface area contributed by atoms with Gasteiger partial charge in [-0.25, -0.2) is 0 Å². The molecule has 0 aliphatic carbocycles. The lowest BCUT2D eigenvalue weighted by atomic mass is 9.79. The number of amides is 2. The van der Waals surface area contributed by atoms with Gasteiger partial charge in [0.1, 0.15) is 0 Å². The van der Waals surface area contributed by atoms with Gasteiger partial charge in [-0.1, -0.05) is 12.1 Å². The van der Waals surface area contributed by atoms with Crippen LogP contribution in [0.25, 0.3) is 0 Å². The summed E-state index contributed by atoms with van der Waals surface area (Å²) in [7, 11) is 1.08. The van der Waals surface area contributed by atoms with Gasteiger partial charge in [0.2, 0.25) is 5.91 Å². The van der Waals surface area contributed by atoms with Crippen LogP contribution in [0.3, 0.4) is 0 Å². The van der Waals surface area contributed by atoms with E-state index < -0.39 is 17.5 Å². The molecule has 1 aromatic rings. The standard InChI is InChI=1S/C17H22F3N3O3.ClH/c1-23(15(25)17(18,19)20)10-12-3-2-4-13(9-12)22-14(24)16(11-21)5-7-26-8-6-16;/h2-4,9H,5-8,10-11,21H2,1H3,(H,22,24);1H. The summed E-state index contributed by atoms with van der Waals surface area (Å²) in [6, 6.07) is 6.37. The fourth-order valence-electron chi connectivity index (χ4n) is 2.86. The molecule has 152 valence electrons. The average Bonchev–Trinajstić information content (AvgIpc) is 2.61. The van der Waals surface area contributed by atoms with Gasteiger partial charge in [-0.05, 0) is 30.5 Å². The topological polar surface area (TPSA) is 84.7 Å². The second-order valence-corrected chi connectivity index (χ2v) is 6.41. The minimum Gasteiger partial charge on any atom is -0.381 e. The molecule has 1 aromatic carbocycles. The first-order valence-electron chi connectivity index (χ1n) is 8.18. The van der Waals surface area contributed by atoms with E-state index in [1.807, 2.05) is 0 Å². The van der Waals surface area contributed by atoms with E-state index in [1.165, 1.54) is 0 Å². The van der Waals surface area contributed by atoms with E-state index in [4.69, 9.17) is 10.5 Å². The van der Waals surface area contributed by atoms with Crippen molar-refractivity contribution < 1.29 is 27.5 Å². The van der Waals surface area contributed by atoms with Gasteiger partial charge >= 0.3 is 12.1 Å². The molecule has 3 N–H and O–H groups in total. The normalized spacial score (nSPS) is 16.2. The Morgan fingerprint density at radius 2 is 1.93 bits per heavy atom. The van der Waals surface area contributed by atoms with Crippen LogP contribution in [0.1, 0.15) is 18.4 Å². The van der Waals surface area contributed by atoms with Crippen LogP contribution < -0.4 is 11.1 Å². The molecule has 1 saturated heterocycles. The van der Waals surface area contributed by atoms with E-state index in [0.29, 0.717) is 42.2 Å². The molecular formula is C17H23ClF3N3O3. The summed E-state index contributed by atoms with van der Waals surface area (Å²) >= 11 is 0. The van der Waals surface area contributed by atoms with E-state index >= 15 is 0 Å². The predicted octanol–water partition coefficient (Wildman–Crippen LogP) is 2.32. The first-order chi connectivity index (χ1) is 12.2. The largest absolute Gasteiger partial charge is 0.471 e. The number of carbonyl (C=O) groups is 2. The molecule has 0 aromatic heterocycles. The second kappa shape index (κ2) is 9.38. The third-order valence-corrected chi connectivity index (χ3v) is 4.52. The lowest BCUT2D eigenvalue weighted by molar-refractivity contribution is -0.184. The Morgan fingerprint density at radius 1 is 1.30 bits per heavy atom. The van der Waals surface area contributed by atoms with Crippen LogP contribution in [0.5, 0.6) is 0 Å². The molecular weight excluding hydrogens is 387 g/mol. The number of rotatable bonds is 5. The number of nitrogens with zero attached hydrogens (tertiary/aromatic N) is 1. The lowest BCUT2D eigenvalue weighted by Gasteiger charge is -2.34. The zero-order chi connectivity index (χ0) is 19.4. The van der Waals surface area contributed by atoms with E-state index in [0.717, 1.165) is 7.05 Å². The Hall–Kier alpha value is -1.84. The van der Waals surface area contributed by atoms with Crippen LogP contribution in [0, 0.1) is 5.41 Å². The van der Waals surface area contributed by atoms with Gasteiger partial charge in [0, 0.05) is 39.0 Å². The summed E-state index contributed by atoms with van der Waals surface area (Å²) in [6.45, 7) is 0.868. The van der Waals surface area contributed by atoms with Crippen LogP contribution in [0.4, 0.5) is 18.9 Å². The summed E-state index contributed by atoms with van der Waals surface area (Å²) < 4.78 is 42.7. The highest BCUT2D eigenvalue weighted by Crippen LogP contribution is 2.31. The number of halogens is 4. The quantitative estimate of drug-likeness (QED) is 0.781. The molecule has 0 saturated carbocycles. The molecule has 0 bridgehead atoms. The van der Waals surface area contributed by atoms with Gasteiger partial charge < -0.3 is 20.7 Å². The van der Waals surface area contributed by atoms with Crippen molar-refractivity contribution in [3.63, 3.8) is 0 Å². The van der Waals surface area contributed by atoms with E-state index in [1.54, 1.807) is 24.3 Å². The van der Waals surface area contributed by atoms with Gasteiger partial charge in [-0.2, -0.15) is 13.2 Å². The van der Waals surface area contributed by atoms with E-state index in [2.05, 4.69) is 5.32 Å². The van der Waals surface area contributed by atoms with Crippen LogP contribution >= 0.6 is 12.4 Å². The summed E-state index contributed by atoms with van der Waals surface area (Å²) in [5.41, 5.74) is 6.00. The second-order valence-electron chi connectivity index (χ2n) is 6.41. The maximum absolute atomic E-state index is 12.6. The van der Waals surface area contributed by atoms with Crippen LogP contribution in [-0.4, -0.2) is 49.7 Å². The molecule has 1 aliphatic rings. The fraction of sp³-hybridized carbons (Fsp3) is 0.529. The zero-order valence-corrected chi connectivity index (χ0v) is 15.7. The number of anilines is 1. The maximum Gasteiger partial charge on any atom is 0.471 e. The molecule has 2 amide bonds. The molecule has 27 heavy (non-hydrogen) atoms. The van der Waals surface area contributed by atoms with Gasteiger partial charge in [0.25, 0.3) is 0 Å². The summed E-state index contributed by atoms with van der Waals surface area (Å²) in [6.07, 6.45) is -3.90. The summed E-state index contributed by atoms with van der Waals surface area (Å²) in [5, 5.41) is 2.78. The van der Waals surface area contributed by atoms with Crippen LogP contribution in [-0.2, 0) is 20.9 Å². The number of ether oxygens (including phenoxy) is 1. The van der Waals surface area contributed by atoms with Crippen molar-refractivity contribution in [3.05, 3.63) is 29.8 Å². The van der Waals surface area contributed by atoms with Crippen molar-refractivity contribution in [2.45, 2.75) is 25.6 Å². The molecule has 10 heteroatoms. The van der Waals surface area contributed by atoms with Crippen molar-refractivity contribution in [1.29, 1.82) is 0 Å². The molecule has 1 fully saturated rings. The van der Waals surface area contributed by atoms with Crippen LogP contribution in [0.15, 0.2) is 24.3 Å². The Bertz CT molecular complexity index is 664. The SMILES string of the molecule is CN(Cc1cccc(NC(=O)C2(CN)CCOCC2)c1)C(=O)C(F)(F)F.Cl. The average molecular weight is 410 g/mol. The van der Waals surface area contributed by atoms with Crippen molar-refractivity contribution in [1.82, 2.24) is 4.90 Å². The molecule has 2 rings (SSSR count). The van der Waals surface area contributed by atoms with Crippen molar-refractivity contribution >= 4 is 29.9 Å². The number of hydrogen-bond acceptors (Lipinski definition) is 4. The summed E-state index contributed by atoms with van der Waals surface area (Å²) in [4.78, 5) is 24.4. The fourth-order valence-corrected chi connectivity index (χ4v) is 2.86.